The Bertz CT molecular complexity index is 990. The third-order valence-corrected chi connectivity index (χ3v) is 5.09. The largest absolute Gasteiger partial charge is 0.370 e. The van der Waals surface area contributed by atoms with Crippen LogP contribution in [0.3, 0.4) is 0 Å². The number of aryl methyl sites for hydroxylation is 1. The van der Waals surface area contributed by atoms with E-state index in [2.05, 4.69) is 27.1 Å². The first-order valence-corrected chi connectivity index (χ1v) is 9.77. The van der Waals surface area contributed by atoms with E-state index in [4.69, 9.17) is 0 Å². The first-order valence-electron chi connectivity index (χ1n) is 9.77. The lowest BCUT2D eigenvalue weighted by atomic mass is 10.0. The highest BCUT2D eigenvalue weighted by molar-refractivity contribution is 6.07. The highest BCUT2D eigenvalue weighted by atomic mass is 16.2. The zero-order valence-electron chi connectivity index (χ0n) is 16.4. The second-order valence-electron chi connectivity index (χ2n) is 6.99. The van der Waals surface area contributed by atoms with Crippen LogP contribution in [0.4, 0.5) is 11.6 Å². The van der Waals surface area contributed by atoms with Gasteiger partial charge in [-0.15, -0.1) is 0 Å². The normalized spacial score (nSPS) is 14.4. The third kappa shape index (κ3) is 3.63. The summed E-state index contributed by atoms with van der Waals surface area (Å²) < 4.78 is 0. The summed E-state index contributed by atoms with van der Waals surface area (Å²) in [6, 6.07) is 16.0. The minimum Gasteiger partial charge on any atom is -0.370 e. The van der Waals surface area contributed by atoms with Crippen molar-refractivity contribution in [3.05, 3.63) is 59.9 Å². The summed E-state index contributed by atoms with van der Waals surface area (Å²) in [5, 5.41) is 5.36. The van der Waals surface area contributed by atoms with E-state index < -0.39 is 0 Å². The van der Waals surface area contributed by atoms with E-state index in [1.54, 1.807) is 0 Å². The Hall–Kier alpha value is -3.15. The molecule has 0 bridgehead atoms. The van der Waals surface area contributed by atoms with Crippen LogP contribution < -0.4 is 10.2 Å². The van der Waals surface area contributed by atoms with E-state index in [0.717, 1.165) is 53.4 Å². The number of rotatable bonds is 4. The predicted molar refractivity (Wildman–Crippen MR) is 113 cm³/mol. The van der Waals surface area contributed by atoms with Crippen LogP contribution in [-0.2, 0) is 0 Å². The molecule has 1 aromatic heterocycles. The SMILES string of the molecule is CCNc1cc(N2CCN(C(=O)c3cccc4ccccc34)CC2)nc(C)n1. The number of fused-ring (bicyclic) bond motifs is 1. The molecule has 1 amide bonds. The third-order valence-electron chi connectivity index (χ3n) is 5.09. The summed E-state index contributed by atoms with van der Waals surface area (Å²) in [5.74, 6) is 2.62. The van der Waals surface area contributed by atoms with Crippen LogP contribution in [0.15, 0.2) is 48.5 Å². The summed E-state index contributed by atoms with van der Waals surface area (Å²) in [6.45, 7) is 7.67. The highest BCUT2D eigenvalue weighted by Gasteiger charge is 2.24. The van der Waals surface area contributed by atoms with E-state index in [1.165, 1.54) is 0 Å². The number of amides is 1. The number of hydrogen-bond acceptors (Lipinski definition) is 5. The number of nitrogens with one attached hydrogen (secondary N) is 1. The fraction of sp³-hybridized carbons (Fsp3) is 0.318. The molecule has 1 N–H and O–H groups in total. The molecule has 3 aromatic rings. The van der Waals surface area contributed by atoms with Gasteiger partial charge in [0.1, 0.15) is 17.5 Å². The summed E-state index contributed by atoms with van der Waals surface area (Å²) >= 11 is 0. The second-order valence-corrected chi connectivity index (χ2v) is 6.99. The average molecular weight is 375 g/mol. The maximum absolute atomic E-state index is 13.1. The van der Waals surface area contributed by atoms with Gasteiger partial charge in [-0.25, -0.2) is 9.97 Å². The zero-order valence-corrected chi connectivity index (χ0v) is 16.4. The molecule has 1 fully saturated rings. The number of benzene rings is 2. The molecule has 6 heteroatoms. The maximum Gasteiger partial charge on any atom is 0.254 e. The number of piperazine rings is 1. The first kappa shape index (κ1) is 18.2. The average Bonchev–Trinajstić information content (AvgIpc) is 2.73. The van der Waals surface area contributed by atoms with Crippen molar-refractivity contribution >= 4 is 28.3 Å². The Morgan fingerprint density at radius 2 is 1.79 bits per heavy atom. The molecule has 0 unspecified atom stereocenters. The van der Waals surface area contributed by atoms with Gasteiger partial charge < -0.3 is 15.1 Å². The van der Waals surface area contributed by atoms with Gasteiger partial charge in [0.25, 0.3) is 5.91 Å². The Balaban J connectivity index is 1.49. The monoisotopic (exact) mass is 375 g/mol. The summed E-state index contributed by atoms with van der Waals surface area (Å²) in [5.41, 5.74) is 0.777. The molecule has 0 spiro atoms. The quantitative estimate of drug-likeness (QED) is 0.758. The van der Waals surface area contributed by atoms with Gasteiger partial charge in [-0.1, -0.05) is 36.4 Å². The van der Waals surface area contributed by atoms with Crippen LogP contribution in [0.5, 0.6) is 0 Å². The fourth-order valence-electron chi connectivity index (χ4n) is 3.71. The first-order chi connectivity index (χ1) is 13.7. The number of carbonyl (C=O) groups is 1. The van der Waals surface area contributed by atoms with Crippen LogP contribution >= 0.6 is 0 Å². The highest BCUT2D eigenvalue weighted by Crippen LogP contribution is 2.22. The fourth-order valence-corrected chi connectivity index (χ4v) is 3.71. The molecule has 0 atom stereocenters. The van der Waals surface area contributed by atoms with Gasteiger partial charge in [0, 0.05) is 44.4 Å². The van der Waals surface area contributed by atoms with Crippen LogP contribution in [0.25, 0.3) is 10.8 Å². The smallest absolute Gasteiger partial charge is 0.254 e. The Labute approximate surface area is 165 Å². The van der Waals surface area contributed by atoms with Crippen molar-refractivity contribution in [1.82, 2.24) is 14.9 Å². The lowest BCUT2D eigenvalue weighted by Crippen LogP contribution is -2.49. The molecule has 1 aliphatic rings. The Kier molecular flexibility index (Phi) is 5.10. The van der Waals surface area contributed by atoms with Crippen molar-refractivity contribution in [2.45, 2.75) is 13.8 Å². The van der Waals surface area contributed by atoms with Gasteiger partial charge >= 0.3 is 0 Å². The number of anilines is 2. The molecule has 1 saturated heterocycles. The van der Waals surface area contributed by atoms with Gasteiger partial charge in [0.2, 0.25) is 0 Å². The van der Waals surface area contributed by atoms with Crippen LogP contribution in [-0.4, -0.2) is 53.5 Å². The van der Waals surface area contributed by atoms with Crippen LogP contribution in [0.1, 0.15) is 23.1 Å². The lowest BCUT2D eigenvalue weighted by Gasteiger charge is -2.35. The molecule has 0 radical (unpaired) electrons. The Morgan fingerprint density at radius 3 is 2.57 bits per heavy atom. The standard InChI is InChI=1S/C22H25N5O/c1-3-23-20-15-21(25-16(2)24-20)26-11-13-27(14-12-26)22(28)19-10-6-8-17-7-4-5-9-18(17)19/h4-10,15H,3,11-14H2,1-2H3,(H,23,24,25). The van der Waals surface area contributed by atoms with Crippen LogP contribution in [0.2, 0.25) is 0 Å². The molecular weight excluding hydrogens is 350 g/mol. The van der Waals surface area contributed by atoms with Crippen molar-refractivity contribution in [1.29, 1.82) is 0 Å². The van der Waals surface area contributed by atoms with Gasteiger partial charge in [0.15, 0.2) is 0 Å². The van der Waals surface area contributed by atoms with E-state index in [0.29, 0.717) is 13.1 Å². The maximum atomic E-state index is 13.1. The number of nitrogens with zero attached hydrogens (tertiary/aromatic N) is 4. The van der Waals surface area contributed by atoms with Crippen molar-refractivity contribution in [2.24, 2.45) is 0 Å². The summed E-state index contributed by atoms with van der Waals surface area (Å²) in [6.07, 6.45) is 0. The molecule has 28 heavy (non-hydrogen) atoms. The van der Waals surface area contributed by atoms with Crippen molar-refractivity contribution in [3.8, 4) is 0 Å². The molecule has 2 aromatic carbocycles. The zero-order chi connectivity index (χ0) is 19.5. The number of aromatic nitrogens is 2. The number of carbonyl (C=O) groups excluding carboxylic acids is 1. The molecule has 0 aliphatic carbocycles. The molecule has 4 rings (SSSR count). The molecule has 6 nitrogen and oxygen atoms in total. The van der Waals surface area contributed by atoms with Gasteiger partial charge in [-0.05, 0) is 30.7 Å². The van der Waals surface area contributed by atoms with Crippen molar-refractivity contribution < 1.29 is 4.79 Å². The van der Waals surface area contributed by atoms with E-state index in [1.807, 2.05) is 60.4 Å². The molecular formula is C22H25N5O. The molecule has 144 valence electrons. The Morgan fingerprint density at radius 1 is 1.04 bits per heavy atom. The predicted octanol–water partition coefficient (Wildman–Crippen LogP) is 3.33. The van der Waals surface area contributed by atoms with Gasteiger partial charge in [-0.3, -0.25) is 4.79 Å². The van der Waals surface area contributed by atoms with Gasteiger partial charge in [-0.2, -0.15) is 0 Å². The van der Waals surface area contributed by atoms with Crippen molar-refractivity contribution in [2.75, 3.05) is 42.9 Å². The van der Waals surface area contributed by atoms with E-state index in [-0.39, 0.29) is 5.91 Å². The van der Waals surface area contributed by atoms with Crippen molar-refractivity contribution in [3.63, 3.8) is 0 Å². The molecule has 2 heterocycles. The van der Waals surface area contributed by atoms with Crippen LogP contribution in [0, 0.1) is 6.92 Å². The van der Waals surface area contributed by atoms with E-state index >= 15 is 0 Å². The summed E-state index contributed by atoms with van der Waals surface area (Å²) in [7, 11) is 0. The van der Waals surface area contributed by atoms with Gasteiger partial charge in [0.05, 0.1) is 0 Å². The minimum atomic E-state index is 0.101. The topological polar surface area (TPSA) is 61.4 Å². The molecule has 1 aliphatic heterocycles. The second kappa shape index (κ2) is 7.84. The number of hydrogen-bond donors (Lipinski definition) is 1. The molecule has 0 saturated carbocycles. The summed E-state index contributed by atoms with van der Waals surface area (Å²) in [4.78, 5) is 26.3. The van der Waals surface area contributed by atoms with E-state index in [9.17, 15) is 4.79 Å². The minimum absolute atomic E-state index is 0.101. The lowest BCUT2D eigenvalue weighted by molar-refractivity contribution is 0.0748.